The summed E-state index contributed by atoms with van der Waals surface area (Å²) in [4.78, 5) is 21.9. The zero-order chi connectivity index (χ0) is 12.8. The van der Waals surface area contributed by atoms with E-state index in [1.54, 1.807) is 13.8 Å². The molecule has 0 aromatic carbocycles. The third-order valence-corrected chi connectivity index (χ3v) is 2.36. The Morgan fingerprint density at radius 2 is 1.75 bits per heavy atom. The quantitative estimate of drug-likeness (QED) is 0.512. The molecule has 4 heteroatoms. The number of carbonyl (C=O) groups is 2. The molecule has 0 radical (unpaired) electrons. The van der Waals surface area contributed by atoms with Crippen molar-refractivity contribution in [3.8, 4) is 0 Å². The molecule has 1 unspecified atom stereocenters. The first-order valence-corrected chi connectivity index (χ1v) is 4.98. The SMILES string of the molecule is C=CC(=O)OCC(C)C(C)(C)OC(=O)C=C. The predicted octanol–water partition coefficient (Wildman–Crippen LogP) is 1.86. The van der Waals surface area contributed by atoms with Crippen molar-refractivity contribution in [2.24, 2.45) is 5.92 Å². The Hall–Kier alpha value is -1.58. The molecule has 0 saturated heterocycles. The largest absolute Gasteiger partial charge is 0.462 e. The van der Waals surface area contributed by atoms with E-state index in [1.807, 2.05) is 6.92 Å². The highest BCUT2D eigenvalue weighted by atomic mass is 16.6. The monoisotopic (exact) mass is 226 g/mol. The van der Waals surface area contributed by atoms with Crippen LogP contribution in [0.4, 0.5) is 0 Å². The van der Waals surface area contributed by atoms with Crippen LogP contribution in [0.2, 0.25) is 0 Å². The second-order valence-corrected chi connectivity index (χ2v) is 3.96. The van der Waals surface area contributed by atoms with Gasteiger partial charge in [-0.15, -0.1) is 0 Å². The molecule has 90 valence electrons. The highest BCUT2D eigenvalue weighted by Gasteiger charge is 2.30. The lowest BCUT2D eigenvalue weighted by Crippen LogP contribution is -2.37. The van der Waals surface area contributed by atoms with Crippen LogP contribution in [0.1, 0.15) is 20.8 Å². The molecule has 0 aromatic heterocycles. The Kier molecular flexibility index (Phi) is 5.50. The fourth-order valence-corrected chi connectivity index (χ4v) is 0.868. The summed E-state index contributed by atoms with van der Waals surface area (Å²) in [6.07, 6.45) is 2.19. The van der Waals surface area contributed by atoms with Crippen LogP contribution in [-0.2, 0) is 19.1 Å². The third-order valence-electron chi connectivity index (χ3n) is 2.36. The summed E-state index contributed by atoms with van der Waals surface area (Å²) in [5, 5.41) is 0. The van der Waals surface area contributed by atoms with Crippen molar-refractivity contribution in [1.29, 1.82) is 0 Å². The zero-order valence-corrected chi connectivity index (χ0v) is 9.99. The summed E-state index contributed by atoms with van der Waals surface area (Å²) in [7, 11) is 0. The highest BCUT2D eigenvalue weighted by Crippen LogP contribution is 2.21. The number of esters is 2. The van der Waals surface area contributed by atoms with Crippen LogP contribution in [-0.4, -0.2) is 24.1 Å². The lowest BCUT2D eigenvalue weighted by Gasteiger charge is -2.30. The van der Waals surface area contributed by atoms with Crippen LogP contribution in [0.3, 0.4) is 0 Å². The maximum Gasteiger partial charge on any atom is 0.330 e. The van der Waals surface area contributed by atoms with Gasteiger partial charge in [0, 0.05) is 18.1 Å². The average molecular weight is 226 g/mol. The molecule has 0 bridgehead atoms. The average Bonchev–Trinajstić information content (AvgIpc) is 2.24. The first-order valence-electron chi connectivity index (χ1n) is 4.98. The predicted molar refractivity (Wildman–Crippen MR) is 60.7 cm³/mol. The van der Waals surface area contributed by atoms with E-state index in [1.165, 1.54) is 0 Å². The van der Waals surface area contributed by atoms with Crippen molar-refractivity contribution in [2.45, 2.75) is 26.4 Å². The van der Waals surface area contributed by atoms with Gasteiger partial charge in [-0.1, -0.05) is 20.1 Å². The van der Waals surface area contributed by atoms with Crippen molar-refractivity contribution in [2.75, 3.05) is 6.61 Å². The fraction of sp³-hybridized carbons (Fsp3) is 0.500. The van der Waals surface area contributed by atoms with Gasteiger partial charge < -0.3 is 9.47 Å². The molecular formula is C12H18O4. The van der Waals surface area contributed by atoms with E-state index in [4.69, 9.17) is 9.47 Å². The molecule has 1 atom stereocenters. The van der Waals surface area contributed by atoms with Gasteiger partial charge in [-0.3, -0.25) is 0 Å². The van der Waals surface area contributed by atoms with Crippen molar-refractivity contribution in [3.63, 3.8) is 0 Å². The van der Waals surface area contributed by atoms with E-state index >= 15 is 0 Å². The zero-order valence-electron chi connectivity index (χ0n) is 9.99. The maximum atomic E-state index is 11.1. The van der Waals surface area contributed by atoms with Crippen molar-refractivity contribution < 1.29 is 19.1 Å². The van der Waals surface area contributed by atoms with Gasteiger partial charge in [0.1, 0.15) is 5.60 Å². The highest BCUT2D eigenvalue weighted by molar-refractivity contribution is 5.81. The van der Waals surface area contributed by atoms with Crippen LogP contribution < -0.4 is 0 Å². The van der Waals surface area contributed by atoms with E-state index in [0.29, 0.717) is 0 Å². The standard InChI is InChI=1S/C12H18O4/c1-6-10(13)15-8-9(3)12(4,5)16-11(14)7-2/h6-7,9H,1-2,8H2,3-5H3. The molecule has 16 heavy (non-hydrogen) atoms. The van der Waals surface area contributed by atoms with E-state index < -0.39 is 17.5 Å². The third kappa shape index (κ3) is 4.77. The van der Waals surface area contributed by atoms with Gasteiger partial charge in [0.25, 0.3) is 0 Å². The van der Waals surface area contributed by atoms with Gasteiger partial charge in [-0.2, -0.15) is 0 Å². The minimum Gasteiger partial charge on any atom is -0.462 e. The number of hydrogen-bond donors (Lipinski definition) is 0. The molecule has 0 heterocycles. The molecule has 0 amide bonds. The van der Waals surface area contributed by atoms with Gasteiger partial charge in [0.2, 0.25) is 0 Å². The van der Waals surface area contributed by atoms with E-state index in [-0.39, 0.29) is 12.5 Å². The Balaban J connectivity index is 4.28. The maximum absolute atomic E-state index is 11.1. The van der Waals surface area contributed by atoms with Gasteiger partial charge >= 0.3 is 11.9 Å². The topological polar surface area (TPSA) is 52.6 Å². The molecule has 0 aliphatic rings. The Morgan fingerprint density at radius 1 is 1.25 bits per heavy atom. The fourth-order valence-electron chi connectivity index (χ4n) is 0.868. The molecule has 0 aliphatic heterocycles. The minimum atomic E-state index is -0.716. The van der Waals surface area contributed by atoms with Crippen molar-refractivity contribution in [1.82, 2.24) is 0 Å². The van der Waals surface area contributed by atoms with Crippen molar-refractivity contribution >= 4 is 11.9 Å². The summed E-state index contributed by atoms with van der Waals surface area (Å²) in [5.41, 5.74) is -0.716. The minimum absolute atomic E-state index is 0.125. The Bertz CT molecular complexity index is 291. The number of carbonyl (C=O) groups excluding carboxylic acids is 2. The summed E-state index contributed by atoms with van der Waals surface area (Å²) < 4.78 is 10.0. The lowest BCUT2D eigenvalue weighted by atomic mass is 9.93. The summed E-state index contributed by atoms with van der Waals surface area (Å²) in [5.74, 6) is -1.11. The molecule has 0 spiro atoms. The second kappa shape index (κ2) is 6.10. The van der Waals surface area contributed by atoms with Gasteiger partial charge in [-0.25, -0.2) is 9.59 Å². The first kappa shape index (κ1) is 14.4. The lowest BCUT2D eigenvalue weighted by molar-refractivity contribution is -0.158. The first-order chi connectivity index (χ1) is 7.33. The smallest absolute Gasteiger partial charge is 0.330 e. The number of ether oxygens (including phenoxy) is 2. The number of hydrogen-bond acceptors (Lipinski definition) is 4. The molecule has 0 aromatic rings. The van der Waals surface area contributed by atoms with Gasteiger partial charge in [-0.05, 0) is 13.8 Å². The van der Waals surface area contributed by atoms with E-state index in [2.05, 4.69) is 13.2 Å². The van der Waals surface area contributed by atoms with Crippen LogP contribution in [0, 0.1) is 5.92 Å². The van der Waals surface area contributed by atoms with E-state index in [9.17, 15) is 9.59 Å². The van der Waals surface area contributed by atoms with Crippen LogP contribution in [0.5, 0.6) is 0 Å². The summed E-state index contributed by atoms with van der Waals surface area (Å²) in [6.45, 7) is 12.1. The number of rotatable bonds is 6. The molecule has 0 fully saturated rings. The normalized spacial score (nSPS) is 12.4. The second-order valence-electron chi connectivity index (χ2n) is 3.96. The van der Waals surface area contributed by atoms with Crippen molar-refractivity contribution in [3.05, 3.63) is 25.3 Å². The van der Waals surface area contributed by atoms with Crippen LogP contribution in [0.15, 0.2) is 25.3 Å². The summed E-state index contributed by atoms with van der Waals surface area (Å²) >= 11 is 0. The molecule has 0 saturated carbocycles. The van der Waals surface area contributed by atoms with E-state index in [0.717, 1.165) is 12.2 Å². The molecule has 0 aliphatic carbocycles. The van der Waals surface area contributed by atoms with Crippen LogP contribution >= 0.6 is 0 Å². The Morgan fingerprint density at radius 3 is 2.19 bits per heavy atom. The molecule has 0 N–H and O–H groups in total. The molecule has 4 nitrogen and oxygen atoms in total. The molecule has 0 rings (SSSR count). The van der Waals surface area contributed by atoms with Gasteiger partial charge in [0.05, 0.1) is 6.61 Å². The van der Waals surface area contributed by atoms with Crippen LogP contribution in [0.25, 0.3) is 0 Å². The molecular weight excluding hydrogens is 208 g/mol. The van der Waals surface area contributed by atoms with Gasteiger partial charge in [0.15, 0.2) is 0 Å². The summed E-state index contributed by atoms with van der Waals surface area (Å²) in [6, 6.07) is 0. The Labute approximate surface area is 95.9 Å².